The van der Waals surface area contributed by atoms with E-state index in [2.05, 4.69) is 0 Å². The second-order valence-corrected chi connectivity index (χ2v) is 8.28. The second kappa shape index (κ2) is 8.94. The van der Waals surface area contributed by atoms with Crippen molar-refractivity contribution in [2.24, 2.45) is 0 Å². The number of rotatable bonds is 5. The third-order valence-corrected chi connectivity index (χ3v) is 5.96. The maximum absolute atomic E-state index is 13.3. The lowest BCUT2D eigenvalue weighted by molar-refractivity contribution is -0.132. The van der Waals surface area contributed by atoms with Crippen molar-refractivity contribution in [2.75, 3.05) is 11.5 Å². The monoisotopic (exact) mass is 441 g/mol. The Bertz CT molecular complexity index is 1270. The summed E-state index contributed by atoms with van der Waals surface area (Å²) in [6.07, 6.45) is 0. The summed E-state index contributed by atoms with van der Waals surface area (Å²) in [5.74, 6) is -0.834. The van der Waals surface area contributed by atoms with Gasteiger partial charge in [0.25, 0.3) is 11.7 Å². The van der Waals surface area contributed by atoms with Crippen molar-refractivity contribution in [2.45, 2.75) is 33.7 Å². The van der Waals surface area contributed by atoms with Gasteiger partial charge in [0.05, 0.1) is 18.2 Å². The minimum absolute atomic E-state index is 0.0827. The van der Waals surface area contributed by atoms with Gasteiger partial charge in [0.15, 0.2) is 0 Å². The highest BCUT2D eigenvalue weighted by Gasteiger charge is 2.47. The number of aliphatic hydroxyl groups is 1. The van der Waals surface area contributed by atoms with E-state index >= 15 is 0 Å². The molecule has 1 heterocycles. The Hall–Kier alpha value is -3.86. The number of aliphatic hydroxyl groups excluding tert-OH is 1. The zero-order valence-electron chi connectivity index (χ0n) is 19.3. The van der Waals surface area contributed by atoms with E-state index in [1.807, 2.05) is 76.2 Å². The molecular formula is C28H27NO4. The van der Waals surface area contributed by atoms with Gasteiger partial charge >= 0.3 is 0 Å². The van der Waals surface area contributed by atoms with Crippen LogP contribution in [0.4, 0.5) is 5.69 Å². The lowest BCUT2D eigenvalue weighted by Crippen LogP contribution is -2.29. The van der Waals surface area contributed by atoms with E-state index in [-0.39, 0.29) is 11.3 Å². The van der Waals surface area contributed by atoms with Crippen molar-refractivity contribution in [3.63, 3.8) is 0 Å². The van der Waals surface area contributed by atoms with Crippen molar-refractivity contribution in [1.82, 2.24) is 0 Å². The Balaban J connectivity index is 1.94. The van der Waals surface area contributed by atoms with Crippen LogP contribution in [-0.2, 0) is 9.59 Å². The van der Waals surface area contributed by atoms with Crippen LogP contribution >= 0.6 is 0 Å². The van der Waals surface area contributed by atoms with Crippen LogP contribution in [0.5, 0.6) is 5.75 Å². The topological polar surface area (TPSA) is 66.8 Å². The van der Waals surface area contributed by atoms with E-state index in [1.54, 1.807) is 18.2 Å². The van der Waals surface area contributed by atoms with Crippen LogP contribution in [0.25, 0.3) is 5.76 Å². The second-order valence-electron chi connectivity index (χ2n) is 8.28. The largest absolute Gasteiger partial charge is 0.507 e. The molecule has 1 atom stereocenters. The summed E-state index contributed by atoms with van der Waals surface area (Å²) in [7, 11) is 0. The fourth-order valence-electron chi connectivity index (χ4n) is 4.33. The molecule has 1 unspecified atom stereocenters. The predicted octanol–water partition coefficient (Wildman–Crippen LogP) is 5.64. The number of anilines is 1. The summed E-state index contributed by atoms with van der Waals surface area (Å²) in [5.41, 5.74) is 4.70. The van der Waals surface area contributed by atoms with Gasteiger partial charge in [-0.05, 0) is 80.3 Å². The van der Waals surface area contributed by atoms with Gasteiger partial charge in [-0.3, -0.25) is 14.5 Å². The summed E-state index contributed by atoms with van der Waals surface area (Å²) in [6, 6.07) is 19.6. The molecule has 4 rings (SSSR count). The zero-order valence-corrected chi connectivity index (χ0v) is 19.3. The van der Waals surface area contributed by atoms with Gasteiger partial charge in [0.2, 0.25) is 0 Å². The molecule has 1 aliphatic rings. The van der Waals surface area contributed by atoms with Crippen LogP contribution in [0, 0.1) is 20.8 Å². The molecule has 1 amide bonds. The fraction of sp³-hybridized carbons (Fsp3) is 0.214. The van der Waals surface area contributed by atoms with Gasteiger partial charge in [-0.15, -0.1) is 0 Å². The highest BCUT2D eigenvalue weighted by atomic mass is 16.5. The number of ether oxygens (including phenoxy) is 1. The smallest absolute Gasteiger partial charge is 0.300 e. The number of hydrogen-bond acceptors (Lipinski definition) is 4. The molecule has 168 valence electrons. The number of amides is 1. The first-order valence-corrected chi connectivity index (χ1v) is 11.0. The molecule has 0 bridgehead atoms. The summed E-state index contributed by atoms with van der Waals surface area (Å²) >= 11 is 0. The normalized spacial score (nSPS) is 17.5. The SMILES string of the molecule is CCOc1ccc(/C(O)=C2\C(=O)C(=O)N(c3cccc(C)c3)C2c2ccccc2C)cc1C. The van der Waals surface area contributed by atoms with Gasteiger partial charge in [0.1, 0.15) is 11.5 Å². The summed E-state index contributed by atoms with van der Waals surface area (Å²) in [5, 5.41) is 11.3. The summed E-state index contributed by atoms with van der Waals surface area (Å²) in [4.78, 5) is 28.1. The molecule has 5 heteroatoms. The molecule has 1 N–H and O–H groups in total. The number of carbonyl (C=O) groups is 2. The third-order valence-electron chi connectivity index (χ3n) is 5.96. The molecule has 5 nitrogen and oxygen atoms in total. The molecule has 1 fully saturated rings. The third kappa shape index (κ3) is 4.02. The first-order valence-electron chi connectivity index (χ1n) is 11.0. The maximum atomic E-state index is 13.3. The van der Waals surface area contributed by atoms with E-state index in [9.17, 15) is 14.7 Å². The maximum Gasteiger partial charge on any atom is 0.300 e. The van der Waals surface area contributed by atoms with E-state index in [4.69, 9.17) is 4.74 Å². The van der Waals surface area contributed by atoms with Crippen LogP contribution in [-0.4, -0.2) is 23.4 Å². The Morgan fingerprint density at radius 3 is 2.36 bits per heavy atom. The molecule has 0 spiro atoms. The summed E-state index contributed by atoms with van der Waals surface area (Å²) < 4.78 is 5.60. The molecule has 1 aliphatic heterocycles. The lowest BCUT2D eigenvalue weighted by atomic mass is 9.92. The van der Waals surface area contributed by atoms with Gasteiger partial charge < -0.3 is 9.84 Å². The molecule has 0 aliphatic carbocycles. The molecular weight excluding hydrogens is 414 g/mol. The molecule has 33 heavy (non-hydrogen) atoms. The Kier molecular flexibility index (Phi) is 6.05. The van der Waals surface area contributed by atoms with Crippen LogP contribution in [0.3, 0.4) is 0 Å². The number of hydrogen-bond donors (Lipinski definition) is 1. The molecule has 1 saturated heterocycles. The fourth-order valence-corrected chi connectivity index (χ4v) is 4.33. The van der Waals surface area contributed by atoms with Crippen molar-refractivity contribution in [3.05, 3.63) is 100 Å². The number of nitrogens with zero attached hydrogens (tertiary/aromatic N) is 1. The van der Waals surface area contributed by atoms with E-state index in [0.717, 1.165) is 22.3 Å². The van der Waals surface area contributed by atoms with Crippen molar-refractivity contribution in [3.8, 4) is 5.75 Å². The summed E-state index contributed by atoms with van der Waals surface area (Å²) in [6.45, 7) is 8.19. The highest BCUT2D eigenvalue weighted by Crippen LogP contribution is 2.43. The van der Waals surface area contributed by atoms with Crippen molar-refractivity contribution >= 4 is 23.1 Å². The van der Waals surface area contributed by atoms with Gasteiger partial charge in [-0.1, -0.05) is 36.4 Å². The van der Waals surface area contributed by atoms with Crippen LogP contribution in [0.2, 0.25) is 0 Å². The van der Waals surface area contributed by atoms with Crippen LogP contribution in [0.1, 0.15) is 40.8 Å². The minimum Gasteiger partial charge on any atom is -0.507 e. The number of ketones is 1. The standard InChI is InChI=1S/C28H27NO4/c1-5-33-23-14-13-20(16-19(23)4)26(30)24-25(22-12-7-6-10-18(22)3)29(28(32)27(24)31)21-11-8-9-17(2)15-21/h6-16,25,30H,5H2,1-4H3/b26-24+. The van der Waals surface area contributed by atoms with Gasteiger partial charge in [-0.2, -0.15) is 0 Å². The lowest BCUT2D eigenvalue weighted by Gasteiger charge is -2.27. The van der Waals surface area contributed by atoms with E-state index in [1.165, 1.54) is 4.90 Å². The quantitative estimate of drug-likeness (QED) is 0.316. The van der Waals surface area contributed by atoms with Crippen LogP contribution < -0.4 is 9.64 Å². The Morgan fingerprint density at radius 1 is 0.939 bits per heavy atom. The predicted molar refractivity (Wildman–Crippen MR) is 129 cm³/mol. The molecule has 0 radical (unpaired) electrons. The Morgan fingerprint density at radius 2 is 1.70 bits per heavy atom. The first kappa shape index (κ1) is 22.3. The number of benzene rings is 3. The van der Waals surface area contributed by atoms with Crippen molar-refractivity contribution < 1.29 is 19.4 Å². The molecule has 3 aromatic carbocycles. The Labute approximate surface area is 193 Å². The number of carbonyl (C=O) groups excluding carboxylic acids is 2. The first-order chi connectivity index (χ1) is 15.8. The molecule has 3 aromatic rings. The number of aryl methyl sites for hydroxylation is 3. The average molecular weight is 442 g/mol. The minimum atomic E-state index is -0.736. The van der Waals surface area contributed by atoms with Gasteiger partial charge in [-0.25, -0.2) is 0 Å². The molecule has 0 saturated carbocycles. The highest BCUT2D eigenvalue weighted by molar-refractivity contribution is 6.51. The van der Waals surface area contributed by atoms with E-state index in [0.29, 0.717) is 23.6 Å². The zero-order chi connectivity index (χ0) is 23.7. The number of Topliss-reactive ketones (excluding diaryl/α,β-unsaturated/α-hetero) is 1. The van der Waals surface area contributed by atoms with Gasteiger partial charge in [0, 0.05) is 11.3 Å². The van der Waals surface area contributed by atoms with Crippen molar-refractivity contribution in [1.29, 1.82) is 0 Å². The average Bonchev–Trinajstić information content (AvgIpc) is 3.05. The van der Waals surface area contributed by atoms with E-state index < -0.39 is 17.7 Å². The van der Waals surface area contributed by atoms with Crippen LogP contribution in [0.15, 0.2) is 72.3 Å². The molecule has 0 aromatic heterocycles.